The van der Waals surface area contributed by atoms with E-state index in [4.69, 9.17) is 0 Å². The van der Waals surface area contributed by atoms with E-state index in [-0.39, 0.29) is 11.3 Å². The lowest BCUT2D eigenvalue weighted by atomic mass is 9.87. The quantitative estimate of drug-likeness (QED) is 0.832. The smallest absolute Gasteiger partial charge is 0.313 e. The summed E-state index contributed by atoms with van der Waals surface area (Å²) in [7, 11) is 0. The number of benzene rings is 2. The number of carbonyl (C=O) groups excluding carboxylic acids is 2. The van der Waals surface area contributed by atoms with Crippen LogP contribution in [0.25, 0.3) is 0 Å². The van der Waals surface area contributed by atoms with Gasteiger partial charge in [-0.25, -0.2) is 0 Å². The Morgan fingerprint density at radius 1 is 0.920 bits per heavy atom. The van der Waals surface area contributed by atoms with E-state index in [0.717, 1.165) is 5.56 Å². The Morgan fingerprint density at radius 2 is 1.52 bits per heavy atom. The molecule has 132 valence electrons. The third-order valence-electron chi connectivity index (χ3n) is 4.15. The van der Waals surface area contributed by atoms with E-state index in [0.29, 0.717) is 12.2 Å². The molecule has 2 aromatic rings. The second kappa shape index (κ2) is 7.97. The minimum atomic E-state index is -0.649. The highest BCUT2D eigenvalue weighted by Gasteiger charge is 2.16. The summed E-state index contributed by atoms with van der Waals surface area (Å²) in [4.78, 5) is 24.0. The lowest BCUT2D eigenvalue weighted by molar-refractivity contribution is -0.136. The predicted molar refractivity (Wildman–Crippen MR) is 102 cm³/mol. The van der Waals surface area contributed by atoms with Gasteiger partial charge in [0.05, 0.1) is 0 Å². The van der Waals surface area contributed by atoms with E-state index in [1.165, 1.54) is 5.56 Å². The molecule has 0 radical (unpaired) electrons. The third kappa shape index (κ3) is 5.45. The highest BCUT2D eigenvalue weighted by atomic mass is 16.2. The molecule has 0 aromatic heterocycles. The van der Waals surface area contributed by atoms with Crippen molar-refractivity contribution >= 4 is 17.5 Å². The van der Waals surface area contributed by atoms with Crippen molar-refractivity contribution in [3.63, 3.8) is 0 Å². The van der Waals surface area contributed by atoms with Crippen LogP contribution in [0, 0.1) is 0 Å². The summed E-state index contributed by atoms with van der Waals surface area (Å²) >= 11 is 0. The highest BCUT2D eigenvalue weighted by molar-refractivity contribution is 6.39. The van der Waals surface area contributed by atoms with Crippen molar-refractivity contribution < 1.29 is 9.59 Å². The number of carbonyl (C=O) groups is 2. The monoisotopic (exact) mass is 338 g/mol. The van der Waals surface area contributed by atoms with Crippen molar-refractivity contribution in [1.29, 1.82) is 0 Å². The Kier molecular flexibility index (Phi) is 5.97. The molecule has 25 heavy (non-hydrogen) atoms. The lowest BCUT2D eigenvalue weighted by Gasteiger charge is -2.19. The van der Waals surface area contributed by atoms with E-state index in [1.807, 2.05) is 61.5 Å². The zero-order chi connectivity index (χ0) is 18.4. The maximum absolute atomic E-state index is 12.0. The zero-order valence-electron chi connectivity index (χ0n) is 15.3. The van der Waals surface area contributed by atoms with Crippen LogP contribution in [-0.2, 0) is 15.0 Å². The maximum Gasteiger partial charge on any atom is 0.313 e. The average Bonchev–Trinajstić information content (AvgIpc) is 2.59. The van der Waals surface area contributed by atoms with E-state index in [9.17, 15) is 9.59 Å². The van der Waals surface area contributed by atoms with Crippen LogP contribution in [0.4, 0.5) is 5.69 Å². The van der Waals surface area contributed by atoms with Crippen LogP contribution >= 0.6 is 0 Å². The second-order valence-electron chi connectivity index (χ2n) is 7.30. The van der Waals surface area contributed by atoms with Crippen LogP contribution in [0.15, 0.2) is 54.6 Å². The average molecular weight is 338 g/mol. The van der Waals surface area contributed by atoms with E-state index >= 15 is 0 Å². The molecule has 2 rings (SSSR count). The van der Waals surface area contributed by atoms with Crippen molar-refractivity contribution in [3.05, 3.63) is 65.7 Å². The molecular formula is C21H26N2O2. The number of hydrogen-bond acceptors (Lipinski definition) is 2. The standard InChI is InChI=1S/C21H26N2O2/c1-15(16-8-6-5-7-9-16)14-22-19(24)20(25)23-18-12-10-17(11-13-18)21(2,3)4/h5-13,15H,14H2,1-4H3,(H,22,24)(H,23,25)/t15-/m0/s1. The predicted octanol–water partition coefficient (Wildman–Crippen LogP) is 3.84. The van der Waals surface area contributed by atoms with Gasteiger partial charge in [-0.1, -0.05) is 70.2 Å². The van der Waals surface area contributed by atoms with Crippen molar-refractivity contribution in [1.82, 2.24) is 5.32 Å². The molecule has 2 N–H and O–H groups in total. The Labute approximate surface area is 149 Å². The molecule has 0 bridgehead atoms. The number of rotatable bonds is 4. The molecule has 1 atom stereocenters. The van der Waals surface area contributed by atoms with E-state index in [2.05, 4.69) is 31.4 Å². The highest BCUT2D eigenvalue weighted by Crippen LogP contribution is 2.23. The van der Waals surface area contributed by atoms with Crippen LogP contribution < -0.4 is 10.6 Å². The van der Waals surface area contributed by atoms with E-state index in [1.54, 1.807) is 0 Å². The Balaban J connectivity index is 1.87. The summed E-state index contributed by atoms with van der Waals surface area (Å²) in [6.45, 7) is 8.81. The summed E-state index contributed by atoms with van der Waals surface area (Å²) in [6, 6.07) is 17.4. The minimum absolute atomic E-state index is 0.0491. The number of anilines is 1. The van der Waals surface area contributed by atoms with Gasteiger partial charge in [0.2, 0.25) is 0 Å². The fraction of sp³-hybridized carbons (Fsp3) is 0.333. The van der Waals surface area contributed by atoms with Crippen LogP contribution in [0.5, 0.6) is 0 Å². The molecular weight excluding hydrogens is 312 g/mol. The number of nitrogens with one attached hydrogen (secondary N) is 2. The first-order chi connectivity index (χ1) is 11.8. The van der Waals surface area contributed by atoms with Crippen LogP contribution in [0.1, 0.15) is 44.7 Å². The molecule has 0 heterocycles. The van der Waals surface area contributed by atoms with Gasteiger partial charge >= 0.3 is 11.8 Å². The van der Waals surface area contributed by atoms with E-state index < -0.39 is 11.8 Å². The Bertz CT molecular complexity index is 716. The minimum Gasteiger partial charge on any atom is -0.347 e. The second-order valence-corrected chi connectivity index (χ2v) is 7.30. The molecule has 0 fully saturated rings. The summed E-state index contributed by atoms with van der Waals surface area (Å²) in [5.74, 6) is -1.13. The maximum atomic E-state index is 12.0. The van der Waals surface area contributed by atoms with Gasteiger partial charge in [-0.15, -0.1) is 0 Å². The first-order valence-corrected chi connectivity index (χ1v) is 8.52. The molecule has 4 heteroatoms. The van der Waals surface area contributed by atoms with Crippen LogP contribution in [-0.4, -0.2) is 18.4 Å². The summed E-state index contributed by atoms with van der Waals surface area (Å²) < 4.78 is 0. The van der Waals surface area contributed by atoms with Gasteiger partial charge in [-0.05, 0) is 34.6 Å². The first kappa shape index (κ1) is 18.7. The van der Waals surface area contributed by atoms with Crippen molar-refractivity contribution in [2.75, 3.05) is 11.9 Å². The summed E-state index contributed by atoms with van der Waals surface area (Å²) in [6.07, 6.45) is 0. The largest absolute Gasteiger partial charge is 0.347 e. The molecule has 0 aliphatic rings. The molecule has 0 spiro atoms. The fourth-order valence-electron chi connectivity index (χ4n) is 2.47. The molecule has 0 aliphatic heterocycles. The van der Waals surface area contributed by atoms with Gasteiger partial charge in [0.1, 0.15) is 0 Å². The lowest BCUT2D eigenvalue weighted by Crippen LogP contribution is -2.37. The topological polar surface area (TPSA) is 58.2 Å². The Morgan fingerprint density at radius 3 is 2.08 bits per heavy atom. The molecule has 0 saturated carbocycles. The van der Waals surface area contributed by atoms with Gasteiger partial charge in [-0.2, -0.15) is 0 Å². The molecule has 0 unspecified atom stereocenters. The van der Waals surface area contributed by atoms with Crippen molar-refractivity contribution in [2.24, 2.45) is 0 Å². The third-order valence-corrected chi connectivity index (χ3v) is 4.15. The molecule has 4 nitrogen and oxygen atoms in total. The van der Waals surface area contributed by atoms with Crippen LogP contribution in [0.2, 0.25) is 0 Å². The van der Waals surface area contributed by atoms with Gasteiger partial charge in [0.15, 0.2) is 0 Å². The van der Waals surface area contributed by atoms with Crippen molar-refractivity contribution in [2.45, 2.75) is 39.0 Å². The van der Waals surface area contributed by atoms with Gasteiger partial charge in [0.25, 0.3) is 0 Å². The SMILES string of the molecule is C[C@@H](CNC(=O)C(=O)Nc1ccc(C(C)(C)C)cc1)c1ccccc1. The van der Waals surface area contributed by atoms with Gasteiger partial charge < -0.3 is 10.6 Å². The Hall–Kier alpha value is -2.62. The fourth-order valence-corrected chi connectivity index (χ4v) is 2.47. The zero-order valence-corrected chi connectivity index (χ0v) is 15.3. The number of hydrogen-bond donors (Lipinski definition) is 2. The van der Waals surface area contributed by atoms with Gasteiger partial charge in [-0.3, -0.25) is 9.59 Å². The molecule has 0 saturated heterocycles. The first-order valence-electron chi connectivity index (χ1n) is 8.52. The van der Waals surface area contributed by atoms with Gasteiger partial charge in [0, 0.05) is 12.2 Å². The van der Waals surface area contributed by atoms with Crippen LogP contribution in [0.3, 0.4) is 0 Å². The summed E-state index contributed by atoms with van der Waals surface area (Å²) in [5, 5.41) is 5.32. The summed E-state index contributed by atoms with van der Waals surface area (Å²) in [5.41, 5.74) is 2.96. The molecule has 0 aliphatic carbocycles. The molecule has 2 aromatic carbocycles. The number of amides is 2. The normalized spacial score (nSPS) is 12.3. The molecule has 2 amide bonds. The van der Waals surface area contributed by atoms with Crippen molar-refractivity contribution in [3.8, 4) is 0 Å².